The van der Waals surface area contributed by atoms with Gasteiger partial charge in [0.1, 0.15) is 0 Å². The number of hydrogen-bond acceptors (Lipinski definition) is 1. The third-order valence-electron chi connectivity index (χ3n) is 3.96. The Morgan fingerprint density at radius 1 is 1.08 bits per heavy atom. The van der Waals surface area contributed by atoms with Crippen LogP contribution in [0.2, 0.25) is 0 Å². The van der Waals surface area contributed by atoms with Crippen molar-refractivity contribution in [1.82, 2.24) is 0 Å². The second kappa shape index (κ2) is 3.37. The molecular formula is C11H20O. The van der Waals surface area contributed by atoms with Gasteiger partial charge in [0.05, 0.1) is 0 Å². The van der Waals surface area contributed by atoms with Crippen LogP contribution in [0.15, 0.2) is 0 Å². The minimum Gasteiger partial charge on any atom is -0.396 e. The SMILES string of the molecule is OC[C@H]1CCCC2(CCCC2)C1. The Morgan fingerprint density at radius 2 is 1.75 bits per heavy atom. The van der Waals surface area contributed by atoms with Crippen LogP contribution in [0.4, 0.5) is 0 Å². The number of aliphatic hydroxyl groups is 1. The van der Waals surface area contributed by atoms with Crippen LogP contribution in [0.25, 0.3) is 0 Å². The van der Waals surface area contributed by atoms with Gasteiger partial charge in [0.15, 0.2) is 0 Å². The van der Waals surface area contributed by atoms with E-state index in [-0.39, 0.29) is 0 Å². The first-order valence-corrected chi connectivity index (χ1v) is 5.46. The molecule has 70 valence electrons. The van der Waals surface area contributed by atoms with Crippen LogP contribution in [0, 0.1) is 11.3 Å². The topological polar surface area (TPSA) is 20.2 Å². The number of aliphatic hydroxyl groups excluding tert-OH is 1. The summed E-state index contributed by atoms with van der Waals surface area (Å²) in [5.41, 5.74) is 0.686. The van der Waals surface area contributed by atoms with Crippen molar-refractivity contribution in [3.8, 4) is 0 Å². The maximum absolute atomic E-state index is 9.13. The van der Waals surface area contributed by atoms with Crippen molar-refractivity contribution in [3.63, 3.8) is 0 Å². The third kappa shape index (κ3) is 1.52. The van der Waals surface area contributed by atoms with Crippen molar-refractivity contribution >= 4 is 0 Å². The first-order chi connectivity index (χ1) is 5.85. The van der Waals surface area contributed by atoms with Crippen LogP contribution in [0.5, 0.6) is 0 Å². The van der Waals surface area contributed by atoms with Gasteiger partial charge >= 0.3 is 0 Å². The van der Waals surface area contributed by atoms with Gasteiger partial charge in [0, 0.05) is 6.61 Å². The van der Waals surface area contributed by atoms with Gasteiger partial charge in [-0.1, -0.05) is 19.3 Å². The molecule has 1 heteroatoms. The van der Waals surface area contributed by atoms with Crippen molar-refractivity contribution in [1.29, 1.82) is 0 Å². The molecule has 0 amide bonds. The zero-order chi connectivity index (χ0) is 8.44. The monoisotopic (exact) mass is 168 g/mol. The van der Waals surface area contributed by atoms with Crippen LogP contribution in [0.3, 0.4) is 0 Å². The Hall–Kier alpha value is -0.0400. The molecule has 2 saturated carbocycles. The Morgan fingerprint density at radius 3 is 2.42 bits per heavy atom. The zero-order valence-electron chi connectivity index (χ0n) is 7.89. The summed E-state index contributed by atoms with van der Waals surface area (Å²) in [5, 5.41) is 9.13. The van der Waals surface area contributed by atoms with Gasteiger partial charge < -0.3 is 5.11 Å². The Kier molecular flexibility index (Phi) is 2.40. The minimum atomic E-state index is 0.432. The molecule has 2 aliphatic carbocycles. The molecule has 2 aliphatic rings. The fourth-order valence-corrected chi connectivity index (χ4v) is 3.32. The van der Waals surface area contributed by atoms with Gasteiger partial charge in [-0.2, -0.15) is 0 Å². The molecule has 1 N–H and O–H groups in total. The molecule has 0 radical (unpaired) electrons. The minimum absolute atomic E-state index is 0.432. The van der Waals surface area contributed by atoms with Crippen LogP contribution in [-0.4, -0.2) is 11.7 Å². The van der Waals surface area contributed by atoms with E-state index in [1.54, 1.807) is 0 Å². The highest BCUT2D eigenvalue weighted by atomic mass is 16.3. The Balaban J connectivity index is 1.97. The predicted octanol–water partition coefficient (Wildman–Crippen LogP) is 2.73. The highest BCUT2D eigenvalue weighted by molar-refractivity contribution is 4.89. The van der Waals surface area contributed by atoms with E-state index in [0.717, 1.165) is 0 Å². The van der Waals surface area contributed by atoms with E-state index in [0.29, 0.717) is 17.9 Å². The van der Waals surface area contributed by atoms with Crippen LogP contribution in [-0.2, 0) is 0 Å². The maximum Gasteiger partial charge on any atom is 0.0459 e. The van der Waals surface area contributed by atoms with E-state index < -0.39 is 0 Å². The number of hydrogen-bond donors (Lipinski definition) is 1. The summed E-state index contributed by atoms with van der Waals surface area (Å²) in [6.45, 7) is 0.432. The lowest BCUT2D eigenvalue weighted by Gasteiger charge is -2.37. The van der Waals surface area contributed by atoms with E-state index in [1.807, 2.05) is 0 Å². The van der Waals surface area contributed by atoms with E-state index >= 15 is 0 Å². The van der Waals surface area contributed by atoms with E-state index in [1.165, 1.54) is 51.4 Å². The molecule has 0 aromatic carbocycles. The average molecular weight is 168 g/mol. The summed E-state index contributed by atoms with van der Waals surface area (Å²) in [4.78, 5) is 0. The molecule has 0 aromatic rings. The zero-order valence-corrected chi connectivity index (χ0v) is 7.89. The first-order valence-electron chi connectivity index (χ1n) is 5.46. The van der Waals surface area contributed by atoms with Gasteiger partial charge in [0.2, 0.25) is 0 Å². The van der Waals surface area contributed by atoms with Crippen molar-refractivity contribution < 1.29 is 5.11 Å². The van der Waals surface area contributed by atoms with Crippen LogP contribution < -0.4 is 0 Å². The third-order valence-corrected chi connectivity index (χ3v) is 3.96. The quantitative estimate of drug-likeness (QED) is 0.638. The van der Waals surface area contributed by atoms with Crippen LogP contribution in [0.1, 0.15) is 51.4 Å². The maximum atomic E-state index is 9.13. The van der Waals surface area contributed by atoms with E-state index in [2.05, 4.69) is 0 Å². The molecule has 1 atom stereocenters. The number of rotatable bonds is 1. The molecule has 2 rings (SSSR count). The lowest BCUT2D eigenvalue weighted by atomic mass is 9.69. The first kappa shape index (κ1) is 8.55. The van der Waals surface area contributed by atoms with Gasteiger partial charge in [0.25, 0.3) is 0 Å². The van der Waals surface area contributed by atoms with Crippen molar-refractivity contribution in [2.45, 2.75) is 51.4 Å². The fourth-order valence-electron chi connectivity index (χ4n) is 3.32. The summed E-state index contributed by atoms with van der Waals surface area (Å²) in [5.74, 6) is 0.636. The van der Waals surface area contributed by atoms with Gasteiger partial charge in [-0.25, -0.2) is 0 Å². The largest absolute Gasteiger partial charge is 0.396 e. The molecule has 0 aromatic heterocycles. The molecule has 1 spiro atoms. The predicted molar refractivity (Wildman–Crippen MR) is 49.9 cm³/mol. The fraction of sp³-hybridized carbons (Fsp3) is 1.00. The summed E-state index contributed by atoms with van der Waals surface area (Å²) < 4.78 is 0. The highest BCUT2D eigenvalue weighted by Gasteiger charge is 2.37. The summed E-state index contributed by atoms with van der Waals surface area (Å²) in [6.07, 6.45) is 11.2. The van der Waals surface area contributed by atoms with Gasteiger partial charge in [-0.15, -0.1) is 0 Å². The Labute approximate surface area is 75.2 Å². The summed E-state index contributed by atoms with van der Waals surface area (Å²) in [6, 6.07) is 0. The van der Waals surface area contributed by atoms with Gasteiger partial charge in [-0.05, 0) is 43.4 Å². The molecule has 12 heavy (non-hydrogen) atoms. The molecule has 1 nitrogen and oxygen atoms in total. The van der Waals surface area contributed by atoms with Crippen molar-refractivity contribution in [2.24, 2.45) is 11.3 Å². The molecule has 0 saturated heterocycles. The lowest BCUT2D eigenvalue weighted by molar-refractivity contribution is 0.0979. The summed E-state index contributed by atoms with van der Waals surface area (Å²) >= 11 is 0. The molecule has 0 unspecified atom stereocenters. The normalized spacial score (nSPS) is 34.2. The highest BCUT2D eigenvalue weighted by Crippen LogP contribution is 2.50. The standard InChI is InChI=1S/C11H20O/c12-9-10-4-3-7-11(8-10)5-1-2-6-11/h10,12H,1-9H2/t10-/m0/s1. The van der Waals surface area contributed by atoms with E-state index in [9.17, 15) is 0 Å². The van der Waals surface area contributed by atoms with E-state index in [4.69, 9.17) is 5.11 Å². The molecule has 2 fully saturated rings. The summed E-state index contributed by atoms with van der Waals surface area (Å²) in [7, 11) is 0. The smallest absolute Gasteiger partial charge is 0.0459 e. The van der Waals surface area contributed by atoms with Crippen LogP contribution >= 0.6 is 0 Å². The molecule has 0 heterocycles. The van der Waals surface area contributed by atoms with Gasteiger partial charge in [-0.3, -0.25) is 0 Å². The average Bonchev–Trinajstić information content (AvgIpc) is 2.53. The molecular weight excluding hydrogens is 148 g/mol. The second-order valence-electron chi connectivity index (χ2n) is 4.85. The lowest BCUT2D eigenvalue weighted by Crippen LogP contribution is -2.27. The Bertz CT molecular complexity index is 147. The van der Waals surface area contributed by atoms with Crippen molar-refractivity contribution in [3.05, 3.63) is 0 Å². The molecule has 0 bridgehead atoms. The second-order valence-corrected chi connectivity index (χ2v) is 4.85. The molecule has 0 aliphatic heterocycles. The van der Waals surface area contributed by atoms with Crippen molar-refractivity contribution in [2.75, 3.05) is 6.61 Å².